The fourth-order valence-corrected chi connectivity index (χ4v) is 1.88. The maximum Gasteiger partial charge on any atom is -0.0274 e. The van der Waals surface area contributed by atoms with E-state index in [2.05, 4.69) is 26.8 Å². The van der Waals surface area contributed by atoms with Gasteiger partial charge < -0.3 is 0 Å². The Morgan fingerprint density at radius 1 is 1.33 bits per heavy atom. The van der Waals surface area contributed by atoms with Crippen LogP contribution in [0.25, 0.3) is 0 Å². The Labute approximate surface area is 76.4 Å². The van der Waals surface area contributed by atoms with E-state index in [1.54, 1.807) is 11.1 Å². The highest BCUT2D eigenvalue weighted by molar-refractivity contribution is 5.37. The van der Waals surface area contributed by atoms with Gasteiger partial charge in [0.1, 0.15) is 0 Å². The van der Waals surface area contributed by atoms with E-state index in [-0.39, 0.29) is 0 Å². The zero-order chi connectivity index (χ0) is 8.97. The summed E-state index contributed by atoms with van der Waals surface area (Å²) in [5.74, 6) is 0. The third-order valence-corrected chi connectivity index (χ3v) is 2.54. The van der Waals surface area contributed by atoms with E-state index in [4.69, 9.17) is 0 Å². The molecule has 1 aliphatic rings. The van der Waals surface area contributed by atoms with Crippen LogP contribution in [-0.2, 0) is 0 Å². The van der Waals surface area contributed by atoms with Crippen LogP contribution in [0, 0.1) is 0 Å². The summed E-state index contributed by atoms with van der Waals surface area (Å²) in [6.07, 6.45) is 8.98. The number of allylic oxidation sites excluding steroid dienone is 4. The van der Waals surface area contributed by atoms with E-state index < -0.39 is 0 Å². The zero-order valence-electron chi connectivity index (χ0n) is 8.61. The average Bonchev–Trinajstić information content (AvgIpc) is 2.48. The molecule has 0 nitrogen and oxygen atoms in total. The average molecular weight is 164 g/mol. The maximum atomic E-state index is 2.44. The van der Waals surface area contributed by atoms with Crippen molar-refractivity contribution in [3.8, 4) is 0 Å². The lowest BCUT2D eigenvalue weighted by Crippen LogP contribution is -1.82. The van der Waals surface area contributed by atoms with Gasteiger partial charge >= 0.3 is 0 Å². The molecule has 1 rings (SSSR count). The van der Waals surface area contributed by atoms with Crippen molar-refractivity contribution in [2.24, 2.45) is 0 Å². The van der Waals surface area contributed by atoms with Crippen LogP contribution in [0.1, 0.15) is 52.9 Å². The van der Waals surface area contributed by atoms with Gasteiger partial charge in [-0.15, -0.1) is 0 Å². The second-order valence-electron chi connectivity index (χ2n) is 3.85. The molecule has 0 aromatic carbocycles. The normalized spacial score (nSPS) is 20.6. The summed E-state index contributed by atoms with van der Waals surface area (Å²) in [5.41, 5.74) is 4.80. The number of unbranched alkanes of at least 4 members (excludes halogenated alkanes) is 1. The summed E-state index contributed by atoms with van der Waals surface area (Å²) in [7, 11) is 0. The Balaban J connectivity index is 2.71. The second-order valence-corrected chi connectivity index (χ2v) is 3.85. The van der Waals surface area contributed by atoms with Gasteiger partial charge in [0, 0.05) is 0 Å². The first-order valence-electron chi connectivity index (χ1n) is 5.11. The molecular formula is C12H20. The topological polar surface area (TPSA) is 0 Å². The van der Waals surface area contributed by atoms with Gasteiger partial charge in [-0.3, -0.25) is 0 Å². The molecule has 68 valence electrons. The minimum Gasteiger partial charge on any atom is -0.0811 e. The molecule has 0 aromatic rings. The van der Waals surface area contributed by atoms with E-state index in [0.29, 0.717) is 0 Å². The molecule has 0 saturated heterocycles. The van der Waals surface area contributed by atoms with Crippen molar-refractivity contribution >= 4 is 0 Å². The molecule has 0 unspecified atom stereocenters. The molecule has 0 bridgehead atoms. The Bertz CT molecular complexity index is 202. The minimum atomic E-state index is 1.26. The zero-order valence-corrected chi connectivity index (χ0v) is 8.61. The molecule has 0 amide bonds. The Hall–Kier alpha value is -0.520. The summed E-state index contributed by atoms with van der Waals surface area (Å²) >= 11 is 0. The highest BCUT2D eigenvalue weighted by Crippen LogP contribution is 2.32. The smallest absolute Gasteiger partial charge is 0.0274 e. The van der Waals surface area contributed by atoms with Gasteiger partial charge in [0.2, 0.25) is 0 Å². The first kappa shape index (κ1) is 9.57. The molecule has 0 aliphatic heterocycles. The monoisotopic (exact) mass is 164 g/mol. The van der Waals surface area contributed by atoms with Gasteiger partial charge in [0.05, 0.1) is 0 Å². The number of hydrogen-bond donors (Lipinski definition) is 0. The molecule has 0 heteroatoms. The highest BCUT2D eigenvalue weighted by atomic mass is 14.2. The quantitative estimate of drug-likeness (QED) is 0.573. The van der Waals surface area contributed by atoms with Gasteiger partial charge in [-0.25, -0.2) is 0 Å². The van der Waals surface area contributed by atoms with Gasteiger partial charge in [-0.2, -0.15) is 0 Å². The van der Waals surface area contributed by atoms with E-state index in [1.165, 1.54) is 37.7 Å². The number of rotatable bonds is 2. The molecular weight excluding hydrogens is 144 g/mol. The molecule has 0 heterocycles. The molecule has 1 fully saturated rings. The van der Waals surface area contributed by atoms with E-state index in [1.807, 2.05) is 0 Å². The van der Waals surface area contributed by atoms with E-state index in [0.717, 1.165) is 0 Å². The van der Waals surface area contributed by atoms with Crippen LogP contribution in [0.4, 0.5) is 0 Å². The first-order valence-corrected chi connectivity index (χ1v) is 5.11. The van der Waals surface area contributed by atoms with Crippen LogP contribution in [0.5, 0.6) is 0 Å². The lowest BCUT2D eigenvalue weighted by Gasteiger charge is -2.03. The summed E-state index contributed by atoms with van der Waals surface area (Å²) in [6, 6.07) is 0. The van der Waals surface area contributed by atoms with Crippen LogP contribution in [0.15, 0.2) is 22.8 Å². The molecule has 1 saturated carbocycles. The molecule has 0 atom stereocenters. The number of hydrogen-bond acceptors (Lipinski definition) is 0. The van der Waals surface area contributed by atoms with Crippen LogP contribution in [-0.4, -0.2) is 0 Å². The summed E-state index contributed by atoms with van der Waals surface area (Å²) in [6.45, 7) is 6.72. The standard InChI is InChI=1S/C12H20/c1-4-5-7-11-8-6-9-12(11)10(2)3/h7H,4-6,8-9H2,1-3H3/b11-7-. The lowest BCUT2D eigenvalue weighted by atomic mass is 10.0. The third kappa shape index (κ3) is 2.23. The van der Waals surface area contributed by atoms with Crippen molar-refractivity contribution in [3.63, 3.8) is 0 Å². The van der Waals surface area contributed by atoms with Crippen molar-refractivity contribution in [2.45, 2.75) is 52.9 Å². The van der Waals surface area contributed by atoms with Crippen molar-refractivity contribution in [1.29, 1.82) is 0 Å². The lowest BCUT2D eigenvalue weighted by molar-refractivity contribution is 0.915. The Morgan fingerprint density at radius 3 is 2.67 bits per heavy atom. The maximum absolute atomic E-state index is 2.44. The minimum absolute atomic E-state index is 1.26. The van der Waals surface area contributed by atoms with Gasteiger partial charge in [0.15, 0.2) is 0 Å². The fourth-order valence-electron chi connectivity index (χ4n) is 1.88. The highest BCUT2D eigenvalue weighted by Gasteiger charge is 2.13. The largest absolute Gasteiger partial charge is 0.0811 e. The molecule has 0 radical (unpaired) electrons. The van der Waals surface area contributed by atoms with Gasteiger partial charge in [-0.1, -0.05) is 25.0 Å². The summed E-state index contributed by atoms with van der Waals surface area (Å²) in [5, 5.41) is 0. The van der Waals surface area contributed by atoms with Crippen LogP contribution >= 0.6 is 0 Å². The molecule has 1 aliphatic carbocycles. The van der Waals surface area contributed by atoms with Crippen molar-refractivity contribution in [3.05, 3.63) is 22.8 Å². The van der Waals surface area contributed by atoms with E-state index in [9.17, 15) is 0 Å². The third-order valence-electron chi connectivity index (χ3n) is 2.54. The molecule has 0 aromatic heterocycles. The fraction of sp³-hybridized carbons (Fsp3) is 0.667. The second kappa shape index (κ2) is 4.49. The Morgan fingerprint density at radius 2 is 2.08 bits per heavy atom. The SMILES string of the molecule is CCC/C=C1/CCCC1=C(C)C. The molecule has 12 heavy (non-hydrogen) atoms. The Kier molecular flexibility index (Phi) is 3.58. The van der Waals surface area contributed by atoms with Gasteiger partial charge in [-0.05, 0) is 50.7 Å². The van der Waals surface area contributed by atoms with Crippen LogP contribution < -0.4 is 0 Å². The van der Waals surface area contributed by atoms with Crippen LogP contribution in [0.2, 0.25) is 0 Å². The predicted octanol–water partition coefficient (Wildman–Crippen LogP) is 4.23. The van der Waals surface area contributed by atoms with Crippen molar-refractivity contribution < 1.29 is 0 Å². The summed E-state index contributed by atoms with van der Waals surface area (Å²) in [4.78, 5) is 0. The predicted molar refractivity (Wildman–Crippen MR) is 55.2 cm³/mol. The van der Waals surface area contributed by atoms with Gasteiger partial charge in [0.25, 0.3) is 0 Å². The summed E-state index contributed by atoms with van der Waals surface area (Å²) < 4.78 is 0. The van der Waals surface area contributed by atoms with Crippen molar-refractivity contribution in [2.75, 3.05) is 0 Å². The first-order chi connectivity index (χ1) is 5.75. The van der Waals surface area contributed by atoms with Crippen molar-refractivity contribution in [1.82, 2.24) is 0 Å². The van der Waals surface area contributed by atoms with E-state index >= 15 is 0 Å². The molecule has 0 spiro atoms. The van der Waals surface area contributed by atoms with Crippen LogP contribution in [0.3, 0.4) is 0 Å². The molecule has 0 N–H and O–H groups in total.